The molecule has 0 amide bonds. The number of nitrogens with two attached hydrogens (primary N) is 1. The van der Waals surface area contributed by atoms with Crippen molar-refractivity contribution in [3.05, 3.63) is 22.2 Å². The molecule has 108 valence electrons. The van der Waals surface area contributed by atoms with Gasteiger partial charge in [-0.2, -0.15) is 0 Å². The second-order valence-corrected chi connectivity index (χ2v) is 7.61. The van der Waals surface area contributed by atoms with Gasteiger partial charge >= 0.3 is 0 Å². The zero-order chi connectivity index (χ0) is 14.8. The number of aliphatic hydroxyl groups excluding tert-OH is 1. The minimum Gasteiger partial charge on any atom is -0.398 e. The Morgan fingerprint density at radius 3 is 2.53 bits per heavy atom. The minimum absolute atomic E-state index is 0.0863. The highest BCUT2D eigenvalue weighted by Crippen LogP contribution is 2.27. The summed E-state index contributed by atoms with van der Waals surface area (Å²) in [6, 6.07) is 3.10. The van der Waals surface area contributed by atoms with Crippen LogP contribution in [0, 0.1) is 6.92 Å². The lowest BCUT2D eigenvalue weighted by Crippen LogP contribution is -2.44. The number of sulfonamides is 1. The van der Waals surface area contributed by atoms with Gasteiger partial charge in [-0.05, 0) is 60.8 Å². The van der Waals surface area contributed by atoms with Crippen LogP contribution in [0.1, 0.15) is 25.8 Å². The smallest absolute Gasteiger partial charge is 0.241 e. The third-order valence-corrected chi connectivity index (χ3v) is 5.26. The molecule has 0 aliphatic heterocycles. The summed E-state index contributed by atoms with van der Waals surface area (Å²) in [7, 11) is -3.67. The molecule has 0 bridgehead atoms. The Morgan fingerprint density at radius 2 is 2.00 bits per heavy atom. The van der Waals surface area contributed by atoms with Crippen molar-refractivity contribution in [1.82, 2.24) is 4.72 Å². The molecule has 4 N–H and O–H groups in total. The summed E-state index contributed by atoms with van der Waals surface area (Å²) in [6.45, 7) is 5.06. The third-order valence-electron chi connectivity index (χ3n) is 2.73. The van der Waals surface area contributed by atoms with Crippen molar-refractivity contribution in [2.75, 3.05) is 12.3 Å². The van der Waals surface area contributed by atoms with Crippen molar-refractivity contribution in [2.45, 2.75) is 37.6 Å². The van der Waals surface area contributed by atoms with Gasteiger partial charge in [-0.1, -0.05) is 0 Å². The zero-order valence-corrected chi connectivity index (χ0v) is 13.6. The van der Waals surface area contributed by atoms with E-state index in [1.807, 2.05) is 0 Å². The van der Waals surface area contributed by atoms with Crippen LogP contribution in [0.15, 0.2) is 21.5 Å². The average molecular weight is 351 g/mol. The van der Waals surface area contributed by atoms with Crippen LogP contribution in [0.25, 0.3) is 0 Å². The number of benzene rings is 1. The molecule has 0 aromatic heterocycles. The normalized spacial score (nSPS) is 12.7. The number of nitrogens with one attached hydrogen (secondary N) is 1. The molecule has 1 aromatic carbocycles. The SMILES string of the molecule is Cc1cc(Br)c(N)cc1S(=O)(=O)NC(C)(C)CCO. The molecule has 19 heavy (non-hydrogen) atoms. The van der Waals surface area contributed by atoms with Gasteiger partial charge < -0.3 is 10.8 Å². The van der Waals surface area contributed by atoms with Crippen molar-refractivity contribution in [1.29, 1.82) is 0 Å². The van der Waals surface area contributed by atoms with Crippen molar-refractivity contribution < 1.29 is 13.5 Å². The van der Waals surface area contributed by atoms with Gasteiger partial charge in [0.2, 0.25) is 10.0 Å². The maximum absolute atomic E-state index is 12.3. The van der Waals surface area contributed by atoms with Crippen LogP contribution >= 0.6 is 15.9 Å². The highest BCUT2D eigenvalue weighted by atomic mass is 79.9. The Hall–Kier alpha value is -0.630. The number of nitrogen functional groups attached to an aromatic ring is 1. The molecular formula is C12H19BrN2O3S. The molecule has 0 saturated heterocycles. The van der Waals surface area contributed by atoms with E-state index in [0.29, 0.717) is 22.1 Å². The average Bonchev–Trinajstić information content (AvgIpc) is 2.21. The van der Waals surface area contributed by atoms with E-state index in [1.54, 1.807) is 26.8 Å². The maximum atomic E-state index is 12.3. The first-order valence-electron chi connectivity index (χ1n) is 5.79. The van der Waals surface area contributed by atoms with Gasteiger partial charge in [-0.3, -0.25) is 0 Å². The molecular weight excluding hydrogens is 332 g/mol. The first kappa shape index (κ1) is 16.4. The molecule has 0 heterocycles. The fraction of sp³-hybridized carbons (Fsp3) is 0.500. The largest absolute Gasteiger partial charge is 0.398 e. The molecule has 0 spiro atoms. The van der Waals surface area contributed by atoms with Crippen molar-refractivity contribution >= 4 is 31.6 Å². The number of rotatable bonds is 5. The molecule has 0 saturated carbocycles. The first-order chi connectivity index (χ1) is 8.59. The Labute approximate surface area is 122 Å². The van der Waals surface area contributed by atoms with Crippen molar-refractivity contribution in [3.63, 3.8) is 0 Å². The van der Waals surface area contributed by atoms with E-state index in [0.717, 1.165) is 0 Å². The molecule has 0 radical (unpaired) electrons. The van der Waals surface area contributed by atoms with Crippen LogP contribution in [0.3, 0.4) is 0 Å². The molecule has 1 rings (SSSR count). The third kappa shape index (κ3) is 4.17. The maximum Gasteiger partial charge on any atom is 0.241 e. The Balaban J connectivity index is 3.18. The van der Waals surface area contributed by atoms with Gasteiger partial charge in [0.25, 0.3) is 0 Å². The Bertz CT molecular complexity index is 571. The second-order valence-electron chi connectivity index (χ2n) is 5.10. The predicted molar refractivity (Wildman–Crippen MR) is 79.4 cm³/mol. The topological polar surface area (TPSA) is 92.4 Å². The summed E-state index contributed by atoms with van der Waals surface area (Å²) < 4.78 is 27.9. The summed E-state index contributed by atoms with van der Waals surface area (Å²) in [4.78, 5) is 0.152. The van der Waals surface area contributed by atoms with Crippen LogP contribution < -0.4 is 10.5 Å². The van der Waals surface area contributed by atoms with E-state index >= 15 is 0 Å². The molecule has 0 aliphatic carbocycles. The van der Waals surface area contributed by atoms with Gasteiger partial charge in [-0.15, -0.1) is 0 Å². The Kier molecular flexibility index (Phi) is 5.00. The summed E-state index contributed by atoms with van der Waals surface area (Å²) in [5.41, 5.74) is 5.98. The first-order valence-corrected chi connectivity index (χ1v) is 8.07. The summed E-state index contributed by atoms with van der Waals surface area (Å²) in [5.74, 6) is 0. The van der Waals surface area contributed by atoms with E-state index in [-0.39, 0.29) is 11.5 Å². The molecule has 0 fully saturated rings. The van der Waals surface area contributed by atoms with Gasteiger partial charge in [0, 0.05) is 22.3 Å². The van der Waals surface area contributed by atoms with Gasteiger partial charge in [-0.25, -0.2) is 13.1 Å². The van der Waals surface area contributed by atoms with E-state index in [1.165, 1.54) is 6.07 Å². The van der Waals surface area contributed by atoms with Crippen LogP contribution in [-0.4, -0.2) is 25.7 Å². The van der Waals surface area contributed by atoms with Crippen LogP contribution in [0.5, 0.6) is 0 Å². The molecule has 0 aliphatic rings. The van der Waals surface area contributed by atoms with Crippen LogP contribution in [0.2, 0.25) is 0 Å². The second kappa shape index (κ2) is 5.78. The Morgan fingerprint density at radius 1 is 1.42 bits per heavy atom. The summed E-state index contributed by atoms with van der Waals surface area (Å²) in [6.07, 6.45) is 0.331. The number of aryl methyl sites for hydroxylation is 1. The molecule has 5 nitrogen and oxygen atoms in total. The minimum atomic E-state index is -3.67. The molecule has 0 unspecified atom stereocenters. The molecule has 0 atom stereocenters. The quantitative estimate of drug-likeness (QED) is 0.705. The molecule has 1 aromatic rings. The van der Waals surface area contributed by atoms with Crippen LogP contribution in [-0.2, 0) is 10.0 Å². The fourth-order valence-corrected chi connectivity index (χ4v) is 3.87. The lowest BCUT2D eigenvalue weighted by molar-refractivity contribution is 0.245. The lowest BCUT2D eigenvalue weighted by atomic mass is 10.0. The lowest BCUT2D eigenvalue weighted by Gasteiger charge is -2.25. The number of hydrogen-bond donors (Lipinski definition) is 3. The fourth-order valence-electron chi connectivity index (χ4n) is 1.71. The molecule has 7 heteroatoms. The number of aliphatic hydroxyl groups is 1. The summed E-state index contributed by atoms with van der Waals surface area (Å²) in [5, 5.41) is 8.94. The standard InChI is InChI=1S/C12H19BrN2O3S/c1-8-6-9(13)10(14)7-11(8)19(17,18)15-12(2,3)4-5-16/h6-7,15-16H,4-5,14H2,1-3H3. The van der Waals surface area contributed by atoms with E-state index in [9.17, 15) is 8.42 Å². The predicted octanol–water partition coefficient (Wildman–Crippen LogP) is 1.78. The highest BCUT2D eigenvalue weighted by molar-refractivity contribution is 9.10. The van der Waals surface area contributed by atoms with E-state index in [4.69, 9.17) is 10.8 Å². The van der Waals surface area contributed by atoms with Gasteiger partial charge in [0.15, 0.2) is 0 Å². The zero-order valence-electron chi connectivity index (χ0n) is 11.2. The van der Waals surface area contributed by atoms with Crippen molar-refractivity contribution in [2.24, 2.45) is 0 Å². The van der Waals surface area contributed by atoms with Crippen LogP contribution in [0.4, 0.5) is 5.69 Å². The van der Waals surface area contributed by atoms with E-state index < -0.39 is 15.6 Å². The number of halogens is 1. The van der Waals surface area contributed by atoms with Gasteiger partial charge in [0.1, 0.15) is 0 Å². The highest BCUT2D eigenvalue weighted by Gasteiger charge is 2.27. The summed E-state index contributed by atoms with van der Waals surface area (Å²) >= 11 is 3.26. The van der Waals surface area contributed by atoms with Gasteiger partial charge in [0.05, 0.1) is 4.90 Å². The number of hydrogen-bond acceptors (Lipinski definition) is 4. The van der Waals surface area contributed by atoms with E-state index in [2.05, 4.69) is 20.7 Å². The monoisotopic (exact) mass is 350 g/mol. The van der Waals surface area contributed by atoms with Crippen molar-refractivity contribution in [3.8, 4) is 0 Å². The number of anilines is 1.